The maximum Gasteiger partial charge on any atom is 0.262 e. The summed E-state index contributed by atoms with van der Waals surface area (Å²) in [5.41, 5.74) is 0.817. The molecule has 3 rings (SSSR count). The minimum Gasteiger partial charge on any atom is -0.325 e. The number of rotatable bonds is 3. The van der Waals surface area contributed by atoms with E-state index in [2.05, 4.69) is 10.0 Å². The highest BCUT2D eigenvalue weighted by Crippen LogP contribution is 2.34. The number of anilines is 2. The number of thioether (sulfide) groups is 1. The van der Waals surface area contributed by atoms with Gasteiger partial charge in [-0.25, -0.2) is 8.42 Å². The standard InChI is InChI=1S/C16H15ClN2O3S2/c1-10-9-23-15-7-6-11(8-14(15)18-16(10)20)24(21,22)19-13-5-3-2-4-12(13)17/h2-8,10,19H,9H2,1H3,(H,18,20)/t10-/m0/s1. The minimum atomic E-state index is -3.81. The third-order valence-electron chi connectivity index (χ3n) is 3.57. The van der Waals surface area contributed by atoms with Crippen LogP contribution in [0.4, 0.5) is 11.4 Å². The second-order valence-corrected chi connectivity index (χ2v) is 8.60. The third kappa shape index (κ3) is 3.53. The predicted octanol–water partition coefficient (Wildman–Crippen LogP) is 3.82. The van der Waals surface area contributed by atoms with Gasteiger partial charge in [-0.3, -0.25) is 9.52 Å². The molecule has 0 saturated heterocycles. The number of sulfonamides is 1. The largest absolute Gasteiger partial charge is 0.325 e. The Kier molecular flexibility index (Phi) is 4.76. The summed E-state index contributed by atoms with van der Waals surface area (Å²) in [7, 11) is -3.81. The lowest BCUT2D eigenvalue weighted by molar-refractivity contribution is -0.118. The van der Waals surface area contributed by atoms with E-state index < -0.39 is 10.0 Å². The van der Waals surface area contributed by atoms with E-state index in [1.807, 2.05) is 6.92 Å². The van der Waals surface area contributed by atoms with Gasteiger partial charge in [-0.05, 0) is 30.3 Å². The first kappa shape index (κ1) is 17.1. The summed E-state index contributed by atoms with van der Waals surface area (Å²) in [6, 6.07) is 11.3. The molecular formula is C16H15ClN2O3S2. The van der Waals surface area contributed by atoms with E-state index in [0.717, 1.165) is 4.90 Å². The lowest BCUT2D eigenvalue weighted by atomic mass is 10.2. The molecule has 2 aromatic rings. The maximum atomic E-state index is 12.6. The lowest BCUT2D eigenvalue weighted by Gasteiger charge is -2.12. The quantitative estimate of drug-likeness (QED) is 0.846. The van der Waals surface area contributed by atoms with Gasteiger partial charge in [-0.15, -0.1) is 11.8 Å². The van der Waals surface area contributed by atoms with Crippen molar-refractivity contribution in [3.63, 3.8) is 0 Å². The molecule has 0 spiro atoms. The van der Waals surface area contributed by atoms with Crippen molar-refractivity contribution < 1.29 is 13.2 Å². The molecule has 0 aromatic heterocycles. The van der Waals surface area contributed by atoms with Gasteiger partial charge in [0, 0.05) is 16.6 Å². The summed E-state index contributed by atoms with van der Waals surface area (Å²) in [6.07, 6.45) is 0. The van der Waals surface area contributed by atoms with E-state index in [-0.39, 0.29) is 16.7 Å². The number of halogens is 1. The molecule has 0 aliphatic carbocycles. The molecule has 0 unspecified atom stereocenters. The molecule has 2 N–H and O–H groups in total. The van der Waals surface area contributed by atoms with Crippen molar-refractivity contribution in [1.29, 1.82) is 0 Å². The zero-order valence-electron chi connectivity index (χ0n) is 12.7. The van der Waals surface area contributed by atoms with Gasteiger partial charge in [-0.2, -0.15) is 0 Å². The van der Waals surface area contributed by atoms with Gasteiger partial charge in [0.2, 0.25) is 5.91 Å². The monoisotopic (exact) mass is 382 g/mol. The SMILES string of the molecule is C[C@H]1CSc2ccc(S(=O)(=O)Nc3ccccc3Cl)cc2NC1=O. The number of amides is 1. The van der Waals surface area contributed by atoms with Crippen LogP contribution in [0.1, 0.15) is 6.92 Å². The Hall–Kier alpha value is -1.70. The average molecular weight is 383 g/mol. The first-order valence-corrected chi connectivity index (χ1v) is 10.1. The molecule has 0 fully saturated rings. The first-order valence-electron chi connectivity index (χ1n) is 7.22. The van der Waals surface area contributed by atoms with Crippen LogP contribution < -0.4 is 10.0 Å². The van der Waals surface area contributed by atoms with Gasteiger partial charge in [0.1, 0.15) is 0 Å². The summed E-state index contributed by atoms with van der Waals surface area (Å²) >= 11 is 7.53. The number of carbonyl (C=O) groups excluding carboxylic acids is 1. The molecule has 1 amide bonds. The topological polar surface area (TPSA) is 75.3 Å². The second kappa shape index (κ2) is 6.66. The average Bonchev–Trinajstić information content (AvgIpc) is 2.68. The number of carbonyl (C=O) groups is 1. The second-order valence-electron chi connectivity index (χ2n) is 5.44. The summed E-state index contributed by atoms with van der Waals surface area (Å²) in [6.45, 7) is 1.84. The molecule has 1 atom stereocenters. The molecule has 2 aromatic carbocycles. The number of fused-ring (bicyclic) bond motifs is 1. The van der Waals surface area contributed by atoms with Crippen LogP contribution in [0.3, 0.4) is 0 Å². The van der Waals surface area contributed by atoms with Gasteiger partial charge >= 0.3 is 0 Å². The molecule has 0 bridgehead atoms. The Morgan fingerprint density at radius 1 is 1.25 bits per heavy atom. The van der Waals surface area contributed by atoms with E-state index in [9.17, 15) is 13.2 Å². The van der Waals surface area contributed by atoms with Crippen LogP contribution >= 0.6 is 23.4 Å². The Morgan fingerprint density at radius 3 is 2.75 bits per heavy atom. The molecule has 1 aliphatic heterocycles. The smallest absolute Gasteiger partial charge is 0.262 e. The summed E-state index contributed by atoms with van der Waals surface area (Å²) < 4.78 is 27.6. The van der Waals surface area contributed by atoms with E-state index in [1.165, 1.54) is 23.9 Å². The molecule has 0 radical (unpaired) electrons. The number of hydrogen-bond donors (Lipinski definition) is 2. The van der Waals surface area contributed by atoms with Crippen molar-refractivity contribution in [2.45, 2.75) is 16.7 Å². The Balaban J connectivity index is 1.94. The zero-order valence-corrected chi connectivity index (χ0v) is 15.1. The number of para-hydroxylation sites is 1. The van der Waals surface area contributed by atoms with Gasteiger partial charge in [0.25, 0.3) is 10.0 Å². The fourth-order valence-electron chi connectivity index (χ4n) is 2.19. The van der Waals surface area contributed by atoms with Crippen molar-refractivity contribution in [3.8, 4) is 0 Å². The van der Waals surface area contributed by atoms with E-state index in [4.69, 9.17) is 11.6 Å². The Labute approximate surface area is 149 Å². The van der Waals surface area contributed by atoms with Crippen LogP contribution in [0.25, 0.3) is 0 Å². The summed E-state index contributed by atoms with van der Waals surface area (Å²) in [4.78, 5) is 12.9. The highest BCUT2D eigenvalue weighted by atomic mass is 35.5. The third-order valence-corrected chi connectivity index (χ3v) is 6.60. The first-order chi connectivity index (χ1) is 11.4. The van der Waals surface area contributed by atoms with Gasteiger partial charge in [-0.1, -0.05) is 30.7 Å². The maximum absolute atomic E-state index is 12.6. The van der Waals surface area contributed by atoms with Crippen LogP contribution in [0.5, 0.6) is 0 Å². The van der Waals surface area contributed by atoms with Crippen LogP contribution in [-0.2, 0) is 14.8 Å². The van der Waals surface area contributed by atoms with Crippen LogP contribution in [0.2, 0.25) is 5.02 Å². The summed E-state index contributed by atoms with van der Waals surface area (Å²) in [5.74, 6) is 0.404. The van der Waals surface area contributed by atoms with Crippen LogP contribution in [0, 0.1) is 5.92 Å². The molecule has 0 saturated carbocycles. The van der Waals surface area contributed by atoms with E-state index in [0.29, 0.717) is 22.2 Å². The minimum absolute atomic E-state index is 0.0663. The number of hydrogen-bond acceptors (Lipinski definition) is 4. The van der Waals surface area contributed by atoms with E-state index in [1.54, 1.807) is 30.3 Å². The van der Waals surface area contributed by atoms with Crippen LogP contribution in [-0.4, -0.2) is 20.1 Å². The van der Waals surface area contributed by atoms with Crippen molar-refractivity contribution in [3.05, 3.63) is 47.5 Å². The Morgan fingerprint density at radius 2 is 2.00 bits per heavy atom. The highest BCUT2D eigenvalue weighted by molar-refractivity contribution is 7.99. The Bertz CT molecular complexity index is 900. The molecular weight excluding hydrogens is 368 g/mol. The lowest BCUT2D eigenvalue weighted by Crippen LogP contribution is -2.20. The molecule has 5 nitrogen and oxygen atoms in total. The molecule has 126 valence electrons. The predicted molar refractivity (Wildman–Crippen MR) is 97.2 cm³/mol. The molecule has 1 aliphatic rings. The van der Waals surface area contributed by atoms with Crippen LogP contribution in [0.15, 0.2) is 52.3 Å². The fraction of sp³-hybridized carbons (Fsp3) is 0.188. The van der Waals surface area contributed by atoms with Gasteiger partial charge in [0.05, 0.1) is 21.3 Å². The van der Waals surface area contributed by atoms with Crippen molar-refractivity contribution in [2.24, 2.45) is 5.92 Å². The van der Waals surface area contributed by atoms with E-state index >= 15 is 0 Å². The summed E-state index contributed by atoms with van der Waals surface area (Å²) in [5, 5.41) is 3.10. The van der Waals surface area contributed by atoms with Gasteiger partial charge in [0.15, 0.2) is 0 Å². The number of nitrogens with one attached hydrogen (secondary N) is 2. The molecule has 8 heteroatoms. The highest BCUT2D eigenvalue weighted by Gasteiger charge is 2.23. The normalized spacial score (nSPS) is 17.6. The van der Waals surface area contributed by atoms with Gasteiger partial charge < -0.3 is 5.32 Å². The van der Waals surface area contributed by atoms with Crippen molar-refractivity contribution in [2.75, 3.05) is 15.8 Å². The van der Waals surface area contributed by atoms with Crippen molar-refractivity contribution >= 4 is 50.7 Å². The molecule has 24 heavy (non-hydrogen) atoms. The number of benzene rings is 2. The molecule has 1 heterocycles. The fourth-order valence-corrected chi connectivity index (χ4v) is 4.55. The zero-order chi connectivity index (χ0) is 17.3. The van der Waals surface area contributed by atoms with Crippen molar-refractivity contribution in [1.82, 2.24) is 0 Å².